The monoisotopic (exact) mass is 338 g/mol. The molecule has 7 nitrogen and oxygen atoms in total. The van der Waals surface area contributed by atoms with Gasteiger partial charge in [0.2, 0.25) is 5.96 Å². The molecular weight excluding hydrogens is 323 g/mol. The summed E-state index contributed by atoms with van der Waals surface area (Å²) in [5.41, 5.74) is 5.93. The fourth-order valence-electron chi connectivity index (χ4n) is 3.02. The standard InChI is InChI=1S/C17H15FN6O/c1-24-13-9-5-2-6-10(13)17(14(24)25)22-15(19)21-16(23-17)20-12-8-4-3-7-11(12)18/h2-9H,1H3,(H4,19,20,21,22,23). The largest absolute Gasteiger partial charge is 0.370 e. The number of anilines is 2. The van der Waals surface area contributed by atoms with Gasteiger partial charge in [-0.15, -0.1) is 0 Å². The van der Waals surface area contributed by atoms with Crippen LogP contribution in [0.4, 0.5) is 15.8 Å². The van der Waals surface area contributed by atoms with Crippen molar-refractivity contribution in [3.05, 3.63) is 59.9 Å². The number of carbonyl (C=O) groups excluding carboxylic acids is 1. The Balaban J connectivity index is 1.82. The molecule has 1 amide bonds. The van der Waals surface area contributed by atoms with Crippen LogP contribution in [-0.2, 0) is 10.5 Å². The summed E-state index contributed by atoms with van der Waals surface area (Å²) in [6, 6.07) is 13.4. The summed E-state index contributed by atoms with van der Waals surface area (Å²) < 4.78 is 13.9. The third-order valence-corrected chi connectivity index (χ3v) is 4.17. The van der Waals surface area contributed by atoms with E-state index >= 15 is 0 Å². The summed E-state index contributed by atoms with van der Waals surface area (Å²) >= 11 is 0. The van der Waals surface area contributed by atoms with Crippen LogP contribution in [0.1, 0.15) is 5.56 Å². The zero-order chi connectivity index (χ0) is 17.6. The molecule has 1 atom stereocenters. The SMILES string of the molecule is CN1C(=O)C2(N=C(N)NC(Nc3ccccc3F)=N2)c2ccccc21. The molecule has 1 spiro atoms. The summed E-state index contributed by atoms with van der Waals surface area (Å²) in [6.07, 6.45) is 0. The van der Waals surface area contributed by atoms with Crippen molar-refractivity contribution in [2.24, 2.45) is 15.7 Å². The van der Waals surface area contributed by atoms with Crippen LogP contribution >= 0.6 is 0 Å². The maximum absolute atomic E-state index is 13.9. The summed E-state index contributed by atoms with van der Waals surface area (Å²) in [7, 11) is 1.66. The zero-order valence-electron chi connectivity index (χ0n) is 13.3. The van der Waals surface area contributed by atoms with Crippen molar-refractivity contribution in [1.82, 2.24) is 5.32 Å². The number of nitrogens with one attached hydrogen (secondary N) is 2. The fourth-order valence-corrected chi connectivity index (χ4v) is 3.02. The van der Waals surface area contributed by atoms with E-state index < -0.39 is 11.5 Å². The molecule has 1 unspecified atom stereocenters. The number of aliphatic imine (C=N–C) groups is 2. The Bertz CT molecular complexity index is 940. The molecule has 0 saturated carbocycles. The molecule has 0 aliphatic carbocycles. The first-order valence-corrected chi connectivity index (χ1v) is 7.63. The number of para-hydroxylation sites is 2. The number of carbonyl (C=O) groups is 1. The number of fused-ring (bicyclic) bond motifs is 2. The van der Waals surface area contributed by atoms with Gasteiger partial charge in [0.05, 0.1) is 11.4 Å². The van der Waals surface area contributed by atoms with Crippen molar-refractivity contribution >= 4 is 29.2 Å². The highest BCUT2D eigenvalue weighted by Gasteiger charge is 2.52. The quantitative estimate of drug-likeness (QED) is 0.731. The maximum atomic E-state index is 13.9. The Kier molecular flexibility index (Phi) is 3.21. The number of nitrogens with two attached hydrogens (primary N) is 1. The molecule has 2 aliphatic rings. The lowest BCUT2D eigenvalue weighted by Gasteiger charge is -2.26. The number of benzene rings is 2. The van der Waals surface area contributed by atoms with Crippen LogP contribution in [0.5, 0.6) is 0 Å². The molecule has 0 aromatic heterocycles. The number of guanidine groups is 2. The minimum Gasteiger partial charge on any atom is -0.370 e. The Hall–Kier alpha value is -3.42. The predicted molar refractivity (Wildman–Crippen MR) is 93.7 cm³/mol. The second kappa shape index (κ2) is 5.30. The van der Waals surface area contributed by atoms with Crippen molar-refractivity contribution in [2.45, 2.75) is 5.66 Å². The van der Waals surface area contributed by atoms with E-state index in [1.165, 1.54) is 11.0 Å². The molecule has 2 heterocycles. The van der Waals surface area contributed by atoms with Gasteiger partial charge in [0, 0.05) is 12.6 Å². The number of amides is 1. The zero-order valence-corrected chi connectivity index (χ0v) is 13.3. The lowest BCUT2D eigenvalue weighted by atomic mass is 10.0. The van der Waals surface area contributed by atoms with Crippen molar-refractivity contribution in [3.8, 4) is 0 Å². The van der Waals surface area contributed by atoms with Crippen molar-refractivity contribution in [3.63, 3.8) is 0 Å². The minimum atomic E-state index is -1.51. The highest BCUT2D eigenvalue weighted by Crippen LogP contribution is 2.43. The number of hydrogen-bond donors (Lipinski definition) is 3. The topological polar surface area (TPSA) is 95.1 Å². The fraction of sp³-hybridized carbons (Fsp3) is 0.118. The molecule has 4 N–H and O–H groups in total. The molecule has 2 aromatic rings. The minimum absolute atomic E-state index is 0.0206. The average molecular weight is 338 g/mol. The first-order valence-electron chi connectivity index (χ1n) is 7.63. The molecule has 0 fully saturated rings. The van der Waals surface area contributed by atoms with Gasteiger partial charge in [0.1, 0.15) is 5.82 Å². The van der Waals surface area contributed by atoms with Gasteiger partial charge in [0.15, 0.2) is 5.96 Å². The second-order valence-corrected chi connectivity index (χ2v) is 5.74. The average Bonchev–Trinajstić information content (AvgIpc) is 2.79. The van der Waals surface area contributed by atoms with E-state index in [2.05, 4.69) is 20.6 Å². The van der Waals surface area contributed by atoms with E-state index in [4.69, 9.17) is 5.73 Å². The van der Waals surface area contributed by atoms with E-state index in [0.29, 0.717) is 11.3 Å². The third-order valence-electron chi connectivity index (χ3n) is 4.17. The highest BCUT2D eigenvalue weighted by molar-refractivity contribution is 6.14. The molecule has 126 valence electrons. The molecule has 0 saturated heterocycles. The van der Waals surface area contributed by atoms with Crippen LogP contribution < -0.4 is 21.3 Å². The lowest BCUT2D eigenvalue weighted by Crippen LogP contribution is -2.50. The molecule has 0 radical (unpaired) electrons. The number of nitrogens with zero attached hydrogens (tertiary/aromatic N) is 3. The lowest BCUT2D eigenvalue weighted by molar-refractivity contribution is -0.122. The molecule has 25 heavy (non-hydrogen) atoms. The summed E-state index contributed by atoms with van der Waals surface area (Å²) in [5.74, 6) is -0.605. The molecule has 8 heteroatoms. The normalized spacial score (nSPS) is 21.5. The predicted octanol–water partition coefficient (Wildman–Crippen LogP) is 1.34. The Morgan fingerprint density at radius 3 is 2.68 bits per heavy atom. The van der Waals surface area contributed by atoms with E-state index in [0.717, 1.165) is 0 Å². The molecule has 2 aliphatic heterocycles. The van der Waals surface area contributed by atoms with Gasteiger partial charge < -0.3 is 16.0 Å². The van der Waals surface area contributed by atoms with E-state index in [-0.39, 0.29) is 23.5 Å². The van der Waals surface area contributed by atoms with E-state index in [1.807, 2.05) is 12.1 Å². The van der Waals surface area contributed by atoms with E-state index in [9.17, 15) is 9.18 Å². The summed E-state index contributed by atoms with van der Waals surface area (Å²) in [5, 5.41) is 5.57. The first kappa shape index (κ1) is 15.1. The van der Waals surface area contributed by atoms with E-state index in [1.54, 1.807) is 37.4 Å². The van der Waals surface area contributed by atoms with Gasteiger partial charge in [-0.25, -0.2) is 14.4 Å². The van der Waals surface area contributed by atoms with Gasteiger partial charge in [-0.05, 0) is 18.2 Å². The Morgan fingerprint density at radius 1 is 1.16 bits per heavy atom. The second-order valence-electron chi connectivity index (χ2n) is 5.74. The molecule has 0 bridgehead atoms. The van der Waals surface area contributed by atoms with Crippen molar-refractivity contribution in [2.75, 3.05) is 17.3 Å². The van der Waals surface area contributed by atoms with Crippen molar-refractivity contribution in [1.29, 1.82) is 0 Å². The van der Waals surface area contributed by atoms with Gasteiger partial charge in [-0.1, -0.05) is 30.3 Å². The summed E-state index contributed by atoms with van der Waals surface area (Å²) in [4.78, 5) is 23.1. The number of hydrogen-bond acceptors (Lipinski definition) is 6. The van der Waals surface area contributed by atoms with Crippen LogP contribution in [0, 0.1) is 5.82 Å². The van der Waals surface area contributed by atoms with Crippen LogP contribution in [0.3, 0.4) is 0 Å². The third kappa shape index (κ3) is 2.22. The molecule has 4 rings (SSSR count). The van der Waals surface area contributed by atoms with Crippen LogP contribution in [0.25, 0.3) is 0 Å². The van der Waals surface area contributed by atoms with Gasteiger partial charge in [0.25, 0.3) is 11.6 Å². The van der Waals surface area contributed by atoms with Gasteiger partial charge >= 0.3 is 0 Å². The summed E-state index contributed by atoms with van der Waals surface area (Å²) in [6.45, 7) is 0. The number of halogens is 1. The number of likely N-dealkylation sites (N-methyl/N-ethyl adjacent to an activating group) is 1. The van der Waals surface area contributed by atoms with Crippen molar-refractivity contribution < 1.29 is 9.18 Å². The molecular formula is C17H15FN6O. The molecule has 2 aromatic carbocycles. The van der Waals surface area contributed by atoms with Crippen LogP contribution in [-0.4, -0.2) is 24.9 Å². The van der Waals surface area contributed by atoms with Crippen LogP contribution in [0.2, 0.25) is 0 Å². The smallest absolute Gasteiger partial charge is 0.282 e. The van der Waals surface area contributed by atoms with Gasteiger partial charge in [-0.2, -0.15) is 0 Å². The number of rotatable bonds is 1. The highest BCUT2D eigenvalue weighted by atomic mass is 19.1. The van der Waals surface area contributed by atoms with Gasteiger partial charge in [-0.3, -0.25) is 10.1 Å². The Morgan fingerprint density at radius 2 is 1.88 bits per heavy atom. The maximum Gasteiger partial charge on any atom is 0.282 e. The Labute approximate surface area is 143 Å². The van der Waals surface area contributed by atoms with Crippen LogP contribution in [0.15, 0.2) is 58.5 Å². The first-order chi connectivity index (χ1) is 12.0.